The summed E-state index contributed by atoms with van der Waals surface area (Å²) in [7, 11) is -2.42. The van der Waals surface area contributed by atoms with Crippen LogP contribution in [-0.2, 0) is 21.2 Å². The van der Waals surface area contributed by atoms with Crippen LogP contribution in [0.4, 0.5) is 5.69 Å². The van der Waals surface area contributed by atoms with E-state index in [1.165, 1.54) is 24.8 Å². The van der Waals surface area contributed by atoms with Crippen LogP contribution in [0.1, 0.15) is 12.5 Å². The zero-order valence-electron chi connectivity index (χ0n) is 18.7. The van der Waals surface area contributed by atoms with Crippen molar-refractivity contribution in [2.75, 3.05) is 31.1 Å². The van der Waals surface area contributed by atoms with Crippen LogP contribution in [0.25, 0.3) is 0 Å². The molecule has 0 bridgehead atoms. The monoisotopic (exact) mass is 468 g/mol. The predicted octanol–water partition coefficient (Wildman–Crippen LogP) is 3.65. The first-order valence-corrected chi connectivity index (χ1v) is 12.1. The van der Waals surface area contributed by atoms with Crippen molar-refractivity contribution in [2.45, 2.75) is 18.2 Å². The van der Waals surface area contributed by atoms with Gasteiger partial charge in [-0.1, -0.05) is 37.3 Å². The van der Waals surface area contributed by atoms with E-state index in [0.717, 1.165) is 10.7 Å². The summed E-state index contributed by atoms with van der Waals surface area (Å²) < 4.78 is 38.4. The molecule has 0 aliphatic rings. The maximum atomic E-state index is 13.3. The van der Waals surface area contributed by atoms with Crippen LogP contribution >= 0.6 is 0 Å². The molecule has 0 unspecified atom stereocenters. The minimum atomic E-state index is -3.95. The molecule has 1 amide bonds. The van der Waals surface area contributed by atoms with Gasteiger partial charge in [0.2, 0.25) is 5.91 Å². The van der Waals surface area contributed by atoms with E-state index < -0.39 is 15.9 Å². The average molecular weight is 469 g/mol. The van der Waals surface area contributed by atoms with Crippen LogP contribution in [0, 0.1) is 0 Å². The molecule has 0 aliphatic heterocycles. The fourth-order valence-corrected chi connectivity index (χ4v) is 4.59. The number of benzene rings is 3. The number of carbonyl (C=O) groups excluding carboxylic acids is 1. The number of carbonyl (C=O) groups is 1. The fraction of sp³-hybridized carbons (Fsp3) is 0.240. The van der Waals surface area contributed by atoms with Gasteiger partial charge in [0.1, 0.15) is 24.7 Å². The van der Waals surface area contributed by atoms with E-state index in [-0.39, 0.29) is 24.6 Å². The molecular weight excluding hydrogens is 440 g/mol. The van der Waals surface area contributed by atoms with E-state index in [1.54, 1.807) is 42.5 Å². The number of rotatable bonds is 11. The van der Waals surface area contributed by atoms with E-state index in [0.29, 0.717) is 17.2 Å². The van der Waals surface area contributed by atoms with Crippen LogP contribution in [0.2, 0.25) is 0 Å². The Morgan fingerprint density at radius 1 is 0.909 bits per heavy atom. The summed E-state index contributed by atoms with van der Waals surface area (Å²) in [5.41, 5.74) is 1.58. The highest BCUT2D eigenvalue weighted by molar-refractivity contribution is 7.92. The Hall–Kier alpha value is -3.52. The molecular formula is C25H28N2O5S. The summed E-state index contributed by atoms with van der Waals surface area (Å²) >= 11 is 0. The van der Waals surface area contributed by atoms with Gasteiger partial charge in [-0.2, -0.15) is 0 Å². The molecule has 3 aromatic carbocycles. The van der Waals surface area contributed by atoms with Crippen molar-refractivity contribution >= 4 is 21.6 Å². The lowest BCUT2D eigenvalue weighted by molar-refractivity contribution is -0.119. The van der Waals surface area contributed by atoms with Crippen LogP contribution in [0.3, 0.4) is 0 Å². The highest BCUT2D eigenvalue weighted by Crippen LogP contribution is 2.25. The number of ether oxygens (including phenoxy) is 2. The highest BCUT2D eigenvalue weighted by atomic mass is 32.2. The van der Waals surface area contributed by atoms with Gasteiger partial charge in [0.15, 0.2) is 0 Å². The van der Waals surface area contributed by atoms with Gasteiger partial charge in [-0.15, -0.1) is 0 Å². The highest BCUT2D eigenvalue weighted by Gasteiger charge is 2.27. The first-order chi connectivity index (χ1) is 15.9. The van der Waals surface area contributed by atoms with Gasteiger partial charge in [0, 0.05) is 0 Å². The van der Waals surface area contributed by atoms with Crippen LogP contribution in [-0.4, -0.2) is 41.1 Å². The minimum Gasteiger partial charge on any atom is -0.497 e. The third-order valence-corrected chi connectivity index (χ3v) is 6.79. The number of hydrogen-bond donors (Lipinski definition) is 1. The Bertz CT molecular complexity index is 1130. The summed E-state index contributed by atoms with van der Waals surface area (Å²) in [6.07, 6.45) is 0.951. The number of nitrogens with one attached hydrogen (secondary N) is 1. The Balaban J connectivity index is 1.66. The summed E-state index contributed by atoms with van der Waals surface area (Å²) in [6, 6.07) is 22.3. The molecule has 0 heterocycles. The van der Waals surface area contributed by atoms with Crippen LogP contribution in [0.5, 0.6) is 11.5 Å². The number of sulfonamides is 1. The van der Waals surface area contributed by atoms with Gasteiger partial charge in [-0.25, -0.2) is 8.42 Å². The number of anilines is 1. The predicted molar refractivity (Wildman–Crippen MR) is 128 cm³/mol. The maximum absolute atomic E-state index is 13.3. The van der Waals surface area contributed by atoms with Gasteiger partial charge in [0.25, 0.3) is 10.0 Å². The number of amides is 1. The van der Waals surface area contributed by atoms with Gasteiger partial charge in [-0.05, 0) is 60.5 Å². The molecule has 8 heteroatoms. The quantitative estimate of drug-likeness (QED) is 0.434. The Labute approximate surface area is 195 Å². The van der Waals surface area contributed by atoms with E-state index in [4.69, 9.17) is 9.47 Å². The Kier molecular flexibility index (Phi) is 8.32. The molecule has 0 saturated heterocycles. The topological polar surface area (TPSA) is 84.9 Å². The van der Waals surface area contributed by atoms with Crippen molar-refractivity contribution in [3.05, 3.63) is 84.4 Å². The molecule has 0 atom stereocenters. The van der Waals surface area contributed by atoms with Crippen molar-refractivity contribution in [1.29, 1.82) is 0 Å². The smallest absolute Gasteiger partial charge is 0.264 e. The first kappa shape index (κ1) is 24.1. The number of methoxy groups -OCH3 is 1. The third kappa shape index (κ3) is 6.49. The third-order valence-electron chi connectivity index (χ3n) is 5.00. The number of hydrogen-bond acceptors (Lipinski definition) is 5. The molecule has 7 nitrogen and oxygen atoms in total. The molecule has 3 rings (SSSR count). The Morgan fingerprint density at radius 3 is 2.15 bits per heavy atom. The molecule has 0 aromatic heterocycles. The average Bonchev–Trinajstić information content (AvgIpc) is 2.86. The van der Waals surface area contributed by atoms with Crippen LogP contribution in [0.15, 0.2) is 83.8 Å². The molecule has 33 heavy (non-hydrogen) atoms. The maximum Gasteiger partial charge on any atom is 0.264 e. The van der Waals surface area contributed by atoms with Crippen molar-refractivity contribution in [3.63, 3.8) is 0 Å². The zero-order chi connectivity index (χ0) is 23.7. The summed E-state index contributed by atoms with van der Waals surface area (Å²) in [5, 5.41) is 2.73. The van der Waals surface area contributed by atoms with Gasteiger partial charge in [-0.3, -0.25) is 9.10 Å². The number of nitrogens with zero attached hydrogens (tertiary/aromatic N) is 1. The second-order valence-corrected chi connectivity index (χ2v) is 9.08. The zero-order valence-corrected chi connectivity index (χ0v) is 19.5. The lowest BCUT2D eigenvalue weighted by atomic mass is 10.2. The van der Waals surface area contributed by atoms with Gasteiger partial charge < -0.3 is 14.8 Å². The van der Waals surface area contributed by atoms with Crippen LogP contribution < -0.4 is 19.1 Å². The molecule has 174 valence electrons. The summed E-state index contributed by atoms with van der Waals surface area (Å²) in [6.45, 7) is 2.23. The summed E-state index contributed by atoms with van der Waals surface area (Å²) in [4.78, 5) is 12.7. The SMILES string of the molecule is CCc1ccc(OCCNC(=O)CN(c2ccc(OC)cc2)S(=O)(=O)c2ccccc2)cc1. The second kappa shape index (κ2) is 11.4. The molecule has 0 saturated carbocycles. The van der Waals surface area contributed by atoms with Gasteiger partial charge >= 0.3 is 0 Å². The van der Waals surface area contributed by atoms with Crippen molar-refractivity contribution in [1.82, 2.24) is 5.32 Å². The normalized spacial score (nSPS) is 11.0. The van der Waals surface area contributed by atoms with Gasteiger partial charge in [0.05, 0.1) is 24.2 Å². The molecule has 0 aliphatic carbocycles. The Morgan fingerprint density at radius 2 is 1.55 bits per heavy atom. The van der Waals surface area contributed by atoms with E-state index in [1.807, 2.05) is 24.3 Å². The second-order valence-electron chi connectivity index (χ2n) is 7.22. The standard InChI is InChI=1S/C25H28N2O5S/c1-3-20-9-13-23(14-10-20)32-18-17-26-25(28)19-27(21-11-15-22(31-2)16-12-21)33(29,30)24-7-5-4-6-8-24/h4-16H,3,17-19H2,1-2H3,(H,26,28). The first-order valence-electron chi connectivity index (χ1n) is 10.6. The lowest BCUT2D eigenvalue weighted by Crippen LogP contribution is -2.41. The van der Waals surface area contributed by atoms with Crippen molar-refractivity contribution < 1.29 is 22.7 Å². The summed E-state index contributed by atoms with van der Waals surface area (Å²) in [5.74, 6) is 0.868. The van der Waals surface area contributed by atoms with E-state index in [9.17, 15) is 13.2 Å². The largest absolute Gasteiger partial charge is 0.497 e. The minimum absolute atomic E-state index is 0.104. The van der Waals surface area contributed by atoms with E-state index >= 15 is 0 Å². The van der Waals surface area contributed by atoms with Crippen molar-refractivity contribution in [3.8, 4) is 11.5 Å². The lowest BCUT2D eigenvalue weighted by Gasteiger charge is -2.24. The van der Waals surface area contributed by atoms with Crippen molar-refractivity contribution in [2.24, 2.45) is 0 Å². The van der Waals surface area contributed by atoms with E-state index in [2.05, 4.69) is 12.2 Å². The molecule has 1 N–H and O–H groups in total. The molecule has 0 fully saturated rings. The number of aryl methyl sites for hydroxylation is 1. The molecule has 0 radical (unpaired) electrons. The molecule has 3 aromatic rings. The molecule has 0 spiro atoms. The fourth-order valence-electron chi connectivity index (χ4n) is 3.15.